The summed E-state index contributed by atoms with van der Waals surface area (Å²) >= 11 is 0. The second-order valence-corrected chi connectivity index (χ2v) is 29.3. The molecule has 0 radical (unpaired) electrons. The van der Waals surface area contributed by atoms with Crippen molar-refractivity contribution in [2.75, 3.05) is 65.1 Å². The van der Waals surface area contributed by atoms with E-state index in [2.05, 4.69) is 102 Å². The number of carbonyl (C=O) groups excluding carboxylic acids is 5. The normalized spacial score (nSPS) is 16.4. The Morgan fingerprint density at radius 3 is 2.19 bits per heavy atom. The molecule has 22 nitrogen and oxygen atoms in total. The number of nitrogens with zero attached hydrogens (tertiary/aromatic N) is 5. The second-order valence-electron chi connectivity index (χ2n) is 24.5. The number of esters is 1. The summed E-state index contributed by atoms with van der Waals surface area (Å²) in [4.78, 5) is 77.5. The Bertz CT molecular complexity index is 3720. The van der Waals surface area contributed by atoms with E-state index >= 15 is 0 Å². The third kappa shape index (κ3) is 15.7. The average Bonchev–Trinajstić information content (AvgIpc) is 1.66. The third-order valence-electron chi connectivity index (χ3n) is 17.6. The van der Waals surface area contributed by atoms with Crippen LogP contribution >= 0.6 is 0 Å². The molecule has 3 aliphatic heterocycles. The Hall–Kier alpha value is -9.09. The van der Waals surface area contributed by atoms with E-state index in [9.17, 15) is 29.1 Å². The molecule has 1 aromatic heterocycles. The topological polar surface area (TPSA) is 283 Å². The number of anilines is 1. The first kappa shape index (κ1) is 68.3. The maximum Gasteiger partial charge on any atom is 0.510 e. The minimum absolute atomic E-state index is 0.000350. The van der Waals surface area contributed by atoms with Gasteiger partial charge in [-0.2, -0.15) is 0 Å². The van der Waals surface area contributed by atoms with Gasteiger partial charge in [0.15, 0.2) is 6.23 Å². The van der Waals surface area contributed by atoms with Gasteiger partial charge in [0.05, 0.1) is 42.8 Å². The van der Waals surface area contributed by atoms with Crippen LogP contribution in [0.2, 0.25) is 18.1 Å². The van der Waals surface area contributed by atoms with Gasteiger partial charge in [-0.1, -0.05) is 125 Å². The number of ether oxygens (including phenoxy) is 6. The van der Waals surface area contributed by atoms with E-state index in [4.69, 9.17) is 43.4 Å². The smallest absolute Gasteiger partial charge is 0.510 e. The quantitative estimate of drug-likeness (QED) is 0.00533. The molecular formula is C70H83N9O13Si. The number of carbonyl (C=O) groups is 5. The van der Waals surface area contributed by atoms with Crippen LogP contribution < -0.4 is 30.4 Å². The molecule has 9 rings (SSSR count). The van der Waals surface area contributed by atoms with Gasteiger partial charge in [-0.3, -0.25) is 19.7 Å². The van der Waals surface area contributed by atoms with Crippen LogP contribution in [0.1, 0.15) is 99.4 Å². The lowest BCUT2D eigenvalue weighted by atomic mass is 9.77. The van der Waals surface area contributed by atoms with E-state index in [1.807, 2.05) is 77.7 Å². The van der Waals surface area contributed by atoms with Crippen LogP contribution in [0.3, 0.4) is 0 Å². The molecule has 0 bridgehead atoms. The zero-order valence-electron chi connectivity index (χ0n) is 54.0. The SMILES string of the molecule is CCc1c2c(nc3ccc(O[Si](C)(C)C(C)(C)C)cc13)C1=CC3=C(COC(=O)C3(CC)OC(=O)OCc3ccc(NC(=O)C(CCCCNC(c4ccccc4)(c4ccccc4)c4ccc(OC)cc4)NC(=O)COCC(=O)NCCOCCN=[N+]=[N-])cc3)C(O)N1C2. The summed E-state index contributed by atoms with van der Waals surface area (Å²) < 4.78 is 40.3. The number of pyridine rings is 1. The van der Waals surface area contributed by atoms with Crippen LogP contribution in [0.5, 0.6) is 11.5 Å². The van der Waals surface area contributed by atoms with E-state index in [1.54, 1.807) is 44.4 Å². The van der Waals surface area contributed by atoms with Crippen molar-refractivity contribution in [1.82, 2.24) is 25.8 Å². The van der Waals surface area contributed by atoms with Crippen LogP contribution in [0.15, 0.2) is 150 Å². The van der Waals surface area contributed by atoms with Crippen molar-refractivity contribution < 1.29 is 61.9 Å². The van der Waals surface area contributed by atoms with Crippen LogP contribution in [0, 0.1) is 0 Å². The number of azide groups is 1. The van der Waals surface area contributed by atoms with E-state index in [-0.39, 0.29) is 57.4 Å². The standard InChI is InChI=1S/C70H83N9O13Si/c1-9-53-54-39-52(92-93(7,8)68(3,4)5)32-33-58(54)77-63-55(53)41-79-60(63)40-57-56(65(79)83)43-89-66(84)69(57,10-2)91-67(85)90-42-46-24-28-50(29-25-46)75-64(82)59(76-62(81)45-88-44-61(80)72-35-37-87-38-36-74-78-71)23-17-18-34-73-70(47-19-13-11-14-20-47,48-21-15-12-16-22-48)49-26-30-51(86-6)31-27-49/h11-16,19-22,24-33,39-40,59,65,73,83H,9-10,17-18,23,34-38,41-45H2,1-8H3,(H,72,80)(H,75,82)(H,76,81). The molecule has 0 saturated carbocycles. The van der Waals surface area contributed by atoms with Gasteiger partial charge in [-0.15, -0.1) is 0 Å². The number of unbranched alkanes of at least 4 members (excludes halogenated alkanes) is 1. The summed E-state index contributed by atoms with van der Waals surface area (Å²) in [6, 6.07) is 39.7. The monoisotopic (exact) mass is 1290 g/mol. The number of hydrogen-bond donors (Lipinski definition) is 5. The number of benzene rings is 5. The highest BCUT2D eigenvalue weighted by Gasteiger charge is 2.54. The van der Waals surface area contributed by atoms with Crippen molar-refractivity contribution in [3.05, 3.63) is 194 Å². The summed E-state index contributed by atoms with van der Waals surface area (Å²) in [5.41, 5.74) is 14.4. The van der Waals surface area contributed by atoms with Gasteiger partial charge in [0.2, 0.25) is 31.6 Å². The molecule has 5 N–H and O–H groups in total. The van der Waals surface area contributed by atoms with E-state index in [1.165, 1.54) is 0 Å². The van der Waals surface area contributed by atoms with E-state index in [0.717, 1.165) is 50.2 Å². The van der Waals surface area contributed by atoms with Crippen molar-refractivity contribution in [3.63, 3.8) is 0 Å². The zero-order chi connectivity index (χ0) is 66.3. The van der Waals surface area contributed by atoms with Crippen molar-refractivity contribution in [2.45, 2.75) is 121 Å². The highest BCUT2D eigenvalue weighted by molar-refractivity contribution is 6.74. The largest absolute Gasteiger partial charge is 0.543 e. The molecule has 0 saturated heterocycles. The summed E-state index contributed by atoms with van der Waals surface area (Å²) in [7, 11) is -0.518. The Labute approximate surface area is 543 Å². The molecule has 3 unspecified atom stereocenters. The maximum atomic E-state index is 14.2. The predicted molar refractivity (Wildman–Crippen MR) is 354 cm³/mol. The third-order valence-corrected chi connectivity index (χ3v) is 22.0. The van der Waals surface area contributed by atoms with Gasteiger partial charge in [0.25, 0.3) is 0 Å². The van der Waals surface area contributed by atoms with Gasteiger partial charge in [-0.05, 0) is 139 Å². The second kappa shape index (κ2) is 30.6. The highest BCUT2D eigenvalue weighted by Crippen LogP contribution is 2.48. The molecule has 23 heteroatoms. The molecule has 0 spiro atoms. The minimum Gasteiger partial charge on any atom is -0.543 e. The summed E-state index contributed by atoms with van der Waals surface area (Å²) in [6.07, 6.45) is 1.39. The molecule has 4 heterocycles. The summed E-state index contributed by atoms with van der Waals surface area (Å²) in [5, 5.41) is 28.6. The molecule has 0 fully saturated rings. The molecule has 490 valence electrons. The fourth-order valence-corrected chi connectivity index (χ4v) is 12.7. The highest BCUT2D eigenvalue weighted by atomic mass is 28.4. The molecule has 3 aliphatic rings. The van der Waals surface area contributed by atoms with Crippen molar-refractivity contribution in [3.8, 4) is 11.5 Å². The van der Waals surface area contributed by atoms with Crippen molar-refractivity contribution in [2.24, 2.45) is 5.11 Å². The van der Waals surface area contributed by atoms with Crippen molar-refractivity contribution in [1.29, 1.82) is 0 Å². The van der Waals surface area contributed by atoms with Gasteiger partial charge in [0, 0.05) is 52.3 Å². The lowest BCUT2D eigenvalue weighted by Crippen LogP contribution is -2.53. The maximum absolute atomic E-state index is 14.2. The van der Waals surface area contributed by atoms with Crippen LogP contribution in [-0.4, -0.2) is 131 Å². The molecule has 3 amide bonds. The average molecular weight is 1290 g/mol. The lowest BCUT2D eigenvalue weighted by Gasteiger charge is -2.42. The zero-order valence-corrected chi connectivity index (χ0v) is 55.0. The molecule has 5 aromatic carbocycles. The number of aromatic nitrogens is 1. The van der Waals surface area contributed by atoms with Gasteiger partial charge >= 0.3 is 12.1 Å². The molecule has 3 atom stereocenters. The molecule has 0 aliphatic carbocycles. The number of rotatable bonds is 30. The van der Waals surface area contributed by atoms with Crippen LogP contribution in [0.25, 0.3) is 27.0 Å². The van der Waals surface area contributed by atoms with Gasteiger partial charge in [-0.25, -0.2) is 14.6 Å². The molecule has 6 aromatic rings. The summed E-state index contributed by atoms with van der Waals surface area (Å²) in [6.45, 7) is 15.0. The number of aryl methyl sites for hydroxylation is 1. The number of methoxy groups -OCH3 is 1. The van der Waals surface area contributed by atoms with Crippen LogP contribution in [-0.2, 0) is 68.0 Å². The first-order valence-electron chi connectivity index (χ1n) is 31.5. The first-order valence-corrected chi connectivity index (χ1v) is 34.4. The fourth-order valence-electron chi connectivity index (χ4n) is 11.7. The van der Waals surface area contributed by atoms with Crippen LogP contribution in [0.4, 0.5) is 10.5 Å². The number of fused-ring (bicyclic) bond motifs is 4. The molecular weight excluding hydrogens is 1200 g/mol. The van der Waals surface area contributed by atoms with E-state index < -0.39 is 74.8 Å². The Balaban J connectivity index is 0.855. The van der Waals surface area contributed by atoms with Gasteiger partial charge in [0.1, 0.15) is 44.0 Å². The van der Waals surface area contributed by atoms with E-state index in [0.29, 0.717) is 66.1 Å². The first-order chi connectivity index (χ1) is 44.7. The number of nitrogens with one attached hydrogen (secondary N) is 4. The Kier molecular flexibility index (Phi) is 22.4. The minimum atomic E-state index is -2.15. The van der Waals surface area contributed by atoms with Crippen molar-refractivity contribution >= 4 is 60.5 Å². The molecule has 93 heavy (non-hydrogen) atoms. The predicted octanol–water partition coefficient (Wildman–Crippen LogP) is 10.7. The fraction of sp³-hybridized carbons (Fsp3) is 0.400. The Morgan fingerprint density at radius 1 is 0.860 bits per heavy atom. The lowest BCUT2D eigenvalue weighted by molar-refractivity contribution is -0.166. The van der Waals surface area contributed by atoms with Gasteiger partial charge < -0.3 is 58.8 Å². The Morgan fingerprint density at radius 2 is 1.54 bits per heavy atom. The number of aliphatic hydroxyl groups is 1. The number of amides is 3. The number of cyclic esters (lactones) is 1. The summed E-state index contributed by atoms with van der Waals surface area (Å²) in [5.74, 6) is -0.899. The number of hydrogen-bond acceptors (Lipinski definition) is 17. The number of aliphatic hydroxyl groups excluding tert-OH is 1.